The molecule has 0 spiro atoms. The summed E-state index contributed by atoms with van der Waals surface area (Å²) in [7, 11) is 1.20. The fourth-order valence-corrected chi connectivity index (χ4v) is 2.82. The highest BCUT2D eigenvalue weighted by Gasteiger charge is 2.23. The number of ether oxygens (including phenoxy) is 1. The molecule has 0 radical (unpaired) electrons. The molecule has 134 valence electrons. The van der Waals surface area contributed by atoms with Gasteiger partial charge < -0.3 is 15.6 Å². The van der Waals surface area contributed by atoms with E-state index in [1.54, 1.807) is 50.2 Å². The van der Waals surface area contributed by atoms with Crippen molar-refractivity contribution in [2.24, 2.45) is 0 Å². The van der Waals surface area contributed by atoms with Gasteiger partial charge in [0.2, 0.25) is 0 Å². The Morgan fingerprint density at radius 3 is 2.46 bits per heavy atom. The summed E-state index contributed by atoms with van der Waals surface area (Å²) < 4.78 is 6.06. The summed E-state index contributed by atoms with van der Waals surface area (Å²) in [6.07, 6.45) is -0.630. The molecule has 3 aromatic rings. The van der Waals surface area contributed by atoms with Crippen LogP contribution in [0.15, 0.2) is 41.2 Å². The molecule has 1 aromatic carbocycles. The Morgan fingerprint density at radius 2 is 1.88 bits per heavy atom. The number of aliphatic hydroxyl groups is 1. The van der Waals surface area contributed by atoms with Crippen LogP contribution in [0.4, 0.5) is 5.69 Å². The summed E-state index contributed by atoms with van der Waals surface area (Å²) in [6.45, 7) is 3.45. The zero-order chi connectivity index (χ0) is 19.0. The predicted molar refractivity (Wildman–Crippen MR) is 98.5 cm³/mol. The van der Waals surface area contributed by atoms with Gasteiger partial charge in [-0.25, -0.2) is 9.78 Å². The van der Waals surface area contributed by atoms with Gasteiger partial charge in [-0.05, 0) is 43.7 Å². The zero-order valence-corrected chi connectivity index (χ0v) is 14.7. The Balaban J connectivity index is 2.41. The molecule has 0 saturated carbocycles. The number of carbonyl (C=O) groups excluding carboxylic acids is 1. The molecule has 0 aliphatic heterocycles. The lowest BCUT2D eigenvalue weighted by Gasteiger charge is -2.15. The molecule has 7 nitrogen and oxygen atoms in total. The minimum Gasteiger partial charge on any atom is -0.465 e. The number of pyridine rings is 2. The van der Waals surface area contributed by atoms with Gasteiger partial charge in [-0.2, -0.15) is 0 Å². The van der Waals surface area contributed by atoms with E-state index in [1.807, 2.05) is 0 Å². The number of aliphatic hydroxyl groups excluding tert-OH is 1. The summed E-state index contributed by atoms with van der Waals surface area (Å²) >= 11 is 0. The van der Waals surface area contributed by atoms with Crippen molar-refractivity contribution in [1.29, 1.82) is 0 Å². The van der Waals surface area contributed by atoms with E-state index in [0.29, 0.717) is 28.0 Å². The Bertz CT molecular complexity index is 1050. The molecule has 0 saturated heterocycles. The number of rotatable bonds is 3. The molecule has 0 aliphatic carbocycles. The molecule has 0 bridgehead atoms. The van der Waals surface area contributed by atoms with Crippen LogP contribution in [-0.2, 0) is 4.74 Å². The molecule has 0 fully saturated rings. The Hall–Kier alpha value is -3.19. The number of aromatic nitrogens is 2. The first-order valence-electron chi connectivity index (χ1n) is 8.03. The highest BCUT2D eigenvalue weighted by Crippen LogP contribution is 2.25. The third-order valence-corrected chi connectivity index (χ3v) is 4.23. The van der Waals surface area contributed by atoms with E-state index in [9.17, 15) is 14.7 Å². The van der Waals surface area contributed by atoms with E-state index >= 15 is 0 Å². The largest absolute Gasteiger partial charge is 0.465 e. The number of benzene rings is 1. The van der Waals surface area contributed by atoms with Crippen LogP contribution >= 0.6 is 0 Å². The fraction of sp³-hybridized carbons (Fsp3) is 0.211. The fourth-order valence-electron chi connectivity index (χ4n) is 2.82. The number of nitrogens with two attached hydrogens (primary N) is 1. The first-order valence-corrected chi connectivity index (χ1v) is 8.03. The van der Waals surface area contributed by atoms with Crippen LogP contribution in [0.3, 0.4) is 0 Å². The van der Waals surface area contributed by atoms with Crippen LogP contribution < -0.4 is 11.3 Å². The second-order valence-electron chi connectivity index (χ2n) is 6.01. The average Bonchev–Trinajstić information content (AvgIpc) is 2.61. The van der Waals surface area contributed by atoms with Gasteiger partial charge in [-0.1, -0.05) is 12.1 Å². The van der Waals surface area contributed by atoms with Gasteiger partial charge in [0.05, 0.1) is 24.6 Å². The SMILES string of the molecule is COC(=O)c1c(N)c2ccc(C)nc2n(-c2ccc([C@@H](C)O)cc2)c1=O. The molecule has 0 unspecified atom stereocenters. The summed E-state index contributed by atoms with van der Waals surface area (Å²) in [6, 6.07) is 10.3. The van der Waals surface area contributed by atoms with E-state index in [2.05, 4.69) is 4.98 Å². The predicted octanol–water partition coefficient (Wildman–Crippen LogP) is 2.12. The molecule has 0 aliphatic rings. The van der Waals surface area contributed by atoms with Gasteiger partial charge in [-0.15, -0.1) is 0 Å². The minimum absolute atomic E-state index is 0.0428. The molecule has 0 amide bonds. The Kier molecular flexibility index (Phi) is 4.48. The number of methoxy groups -OCH3 is 1. The van der Waals surface area contributed by atoms with E-state index in [4.69, 9.17) is 10.5 Å². The quantitative estimate of drug-likeness (QED) is 0.698. The maximum Gasteiger partial charge on any atom is 0.345 e. The molecule has 7 heteroatoms. The standard InChI is InChI=1S/C19H19N3O4/c1-10-4-9-14-16(20)15(19(25)26-3)18(24)22(17(14)21-10)13-7-5-12(6-8-13)11(2)23/h4-9,11,23H,20H2,1-3H3/t11-/m1/s1. The van der Waals surface area contributed by atoms with Crippen molar-refractivity contribution in [3.63, 3.8) is 0 Å². The molecule has 26 heavy (non-hydrogen) atoms. The van der Waals surface area contributed by atoms with E-state index in [-0.39, 0.29) is 11.3 Å². The van der Waals surface area contributed by atoms with Crippen molar-refractivity contribution in [2.75, 3.05) is 12.8 Å². The lowest BCUT2D eigenvalue weighted by atomic mass is 10.1. The number of anilines is 1. The molecule has 2 heterocycles. The monoisotopic (exact) mass is 353 g/mol. The summed E-state index contributed by atoms with van der Waals surface area (Å²) in [4.78, 5) is 29.6. The second kappa shape index (κ2) is 6.61. The maximum atomic E-state index is 13.0. The van der Waals surface area contributed by atoms with Gasteiger partial charge in [0.1, 0.15) is 11.2 Å². The number of fused-ring (bicyclic) bond motifs is 1. The minimum atomic E-state index is -0.802. The number of hydrogen-bond acceptors (Lipinski definition) is 6. The van der Waals surface area contributed by atoms with Gasteiger partial charge >= 0.3 is 5.97 Å². The number of esters is 1. The lowest BCUT2D eigenvalue weighted by Crippen LogP contribution is -2.28. The van der Waals surface area contributed by atoms with Crippen LogP contribution in [0.5, 0.6) is 0 Å². The van der Waals surface area contributed by atoms with Gasteiger partial charge in [0, 0.05) is 11.1 Å². The highest BCUT2D eigenvalue weighted by atomic mass is 16.5. The van der Waals surface area contributed by atoms with Crippen molar-refractivity contribution >= 4 is 22.7 Å². The van der Waals surface area contributed by atoms with Crippen molar-refractivity contribution < 1.29 is 14.6 Å². The number of nitrogen functional groups attached to an aromatic ring is 1. The lowest BCUT2D eigenvalue weighted by molar-refractivity contribution is 0.0600. The molecule has 2 aromatic heterocycles. The zero-order valence-electron chi connectivity index (χ0n) is 14.7. The van der Waals surface area contributed by atoms with Crippen molar-refractivity contribution in [2.45, 2.75) is 20.0 Å². The third-order valence-electron chi connectivity index (χ3n) is 4.23. The van der Waals surface area contributed by atoms with Crippen molar-refractivity contribution in [1.82, 2.24) is 9.55 Å². The molecular weight excluding hydrogens is 334 g/mol. The van der Waals surface area contributed by atoms with E-state index in [0.717, 1.165) is 0 Å². The Labute approximate surface area is 149 Å². The van der Waals surface area contributed by atoms with Gasteiger partial charge in [0.25, 0.3) is 5.56 Å². The normalized spacial score (nSPS) is 12.2. The Morgan fingerprint density at radius 1 is 1.23 bits per heavy atom. The smallest absolute Gasteiger partial charge is 0.345 e. The first-order chi connectivity index (χ1) is 12.3. The molecule has 1 atom stereocenters. The maximum absolute atomic E-state index is 13.0. The van der Waals surface area contributed by atoms with Crippen LogP contribution in [0.25, 0.3) is 16.7 Å². The summed E-state index contributed by atoms with van der Waals surface area (Å²) in [5.41, 5.74) is 7.55. The molecule has 3 N–H and O–H groups in total. The van der Waals surface area contributed by atoms with Crippen molar-refractivity contribution in [3.8, 4) is 5.69 Å². The van der Waals surface area contributed by atoms with Crippen LogP contribution in [0, 0.1) is 6.92 Å². The second-order valence-corrected chi connectivity index (χ2v) is 6.01. The summed E-state index contributed by atoms with van der Waals surface area (Å²) in [5, 5.41) is 10.2. The number of hydrogen-bond donors (Lipinski definition) is 2. The number of carbonyl (C=O) groups is 1. The topological polar surface area (TPSA) is 107 Å². The molecule has 3 rings (SSSR count). The van der Waals surface area contributed by atoms with Crippen LogP contribution in [0.2, 0.25) is 0 Å². The first kappa shape index (κ1) is 17.6. The average molecular weight is 353 g/mol. The number of nitrogens with zero attached hydrogens (tertiary/aromatic N) is 2. The van der Waals surface area contributed by atoms with Crippen LogP contribution in [0.1, 0.15) is 34.6 Å². The van der Waals surface area contributed by atoms with E-state index < -0.39 is 17.6 Å². The summed E-state index contributed by atoms with van der Waals surface area (Å²) in [5.74, 6) is -0.802. The van der Waals surface area contributed by atoms with Gasteiger partial charge in [-0.3, -0.25) is 9.36 Å². The van der Waals surface area contributed by atoms with Crippen LogP contribution in [-0.4, -0.2) is 27.7 Å². The highest BCUT2D eigenvalue weighted by molar-refractivity contribution is 6.03. The van der Waals surface area contributed by atoms with Crippen molar-refractivity contribution in [3.05, 3.63) is 63.6 Å². The third kappa shape index (κ3) is 2.82. The number of aryl methyl sites for hydroxylation is 1. The molecular formula is C19H19N3O4. The van der Waals surface area contributed by atoms with Gasteiger partial charge in [0.15, 0.2) is 0 Å². The van der Waals surface area contributed by atoms with E-state index in [1.165, 1.54) is 11.7 Å².